The van der Waals surface area contributed by atoms with Crippen molar-refractivity contribution in [3.63, 3.8) is 0 Å². The summed E-state index contributed by atoms with van der Waals surface area (Å²) in [5, 5.41) is 4.07. The molecule has 1 saturated heterocycles. The second kappa shape index (κ2) is 10.4. The van der Waals surface area contributed by atoms with Gasteiger partial charge in [-0.1, -0.05) is 59.1 Å². The number of carbonyl (C=O) groups excluding carboxylic acids is 1. The van der Waals surface area contributed by atoms with Gasteiger partial charge in [-0.05, 0) is 48.9 Å². The highest BCUT2D eigenvalue weighted by Gasteiger charge is 2.30. The lowest BCUT2D eigenvalue weighted by molar-refractivity contribution is -0.115. The summed E-state index contributed by atoms with van der Waals surface area (Å²) in [7, 11) is -3.57. The highest BCUT2D eigenvalue weighted by atomic mass is 35.5. The van der Waals surface area contributed by atoms with E-state index in [-0.39, 0.29) is 12.3 Å². The molecule has 9 heteroatoms. The molecular weight excluding hydrogens is 493 g/mol. The number of carbonyl (C=O) groups is 1. The second-order valence-electron chi connectivity index (χ2n) is 8.19. The van der Waals surface area contributed by atoms with Gasteiger partial charge in [0.15, 0.2) is 0 Å². The predicted molar refractivity (Wildman–Crippen MR) is 137 cm³/mol. The molecule has 1 fully saturated rings. The summed E-state index contributed by atoms with van der Waals surface area (Å²) < 4.78 is 27.6. The summed E-state index contributed by atoms with van der Waals surface area (Å²) in [4.78, 5) is 15.0. The van der Waals surface area contributed by atoms with Gasteiger partial charge in [0.05, 0.1) is 27.7 Å². The highest BCUT2D eigenvalue weighted by molar-refractivity contribution is 7.89. The molecule has 0 spiro atoms. The van der Waals surface area contributed by atoms with Crippen molar-refractivity contribution in [2.75, 3.05) is 36.4 Å². The van der Waals surface area contributed by atoms with Crippen molar-refractivity contribution < 1.29 is 13.2 Å². The lowest BCUT2D eigenvalue weighted by Gasteiger charge is -2.36. The van der Waals surface area contributed by atoms with Crippen LogP contribution in [0.5, 0.6) is 0 Å². The fourth-order valence-corrected chi connectivity index (χ4v) is 5.77. The van der Waals surface area contributed by atoms with Gasteiger partial charge in [0, 0.05) is 31.2 Å². The van der Waals surface area contributed by atoms with Gasteiger partial charge in [-0.15, -0.1) is 0 Å². The standard InChI is InChI=1S/C25H25Cl2N3O3S/c1-18-5-11-21(12-6-18)34(32,33)30-15-13-29(14-16-30)25-22(27)3-2-4-23(25)28-24(31)17-19-7-9-20(26)10-8-19/h2-12H,13-17H2,1H3,(H,28,31). The zero-order valence-corrected chi connectivity index (χ0v) is 21.0. The minimum Gasteiger partial charge on any atom is -0.366 e. The maximum atomic E-state index is 13.0. The summed E-state index contributed by atoms with van der Waals surface area (Å²) in [6, 6.07) is 19.3. The number of aryl methyl sites for hydroxylation is 1. The van der Waals surface area contributed by atoms with Crippen molar-refractivity contribution in [1.82, 2.24) is 4.31 Å². The average Bonchev–Trinajstić information content (AvgIpc) is 2.81. The van der Waals surface area contributed by atoms with Crippen LogP contribution in [0.1, 0.15) is 11.1 Å². The molecule has 0 atom stereocenters. The van der Waals surface area contributed by atoms with Crippen LogP contribution in [-0.2, 0) is 21.2 Å². The fraction of sp³-hybridized carbons (Fsp3) is 0.240. The van der Waals surface area contributed by atoms with E-state index in [1.165, 1.54) is 4.31 Å². The summed E-state index contributed by atoms with van der Waals surface area (Å²) in [5.74, 6) is -0.175. The van der Waals surface area contributed by atoms with Gasteiger partial charge in [-0.3, -0.25) is 4.79 Å². The number of hydrogen-bond acceptors (Lipinski definition) is 4. The molecule has 3 aromatic carbocycles. The van der Waals surface area contributed by atoms with Gasteiger partial charge in [-0.25, -0.2) is 8.42 Å². The van der Waals surface area contributed by atoms with Crippen LogP contribution in [0.15, 0.2) is 71.6 Å². The van der Waals surface area contributed by atoms with Crippen molar-refractivity contribution in [2.45, 2.75) is 18.2 Å². The molecule has 0 radical (unpaired) electrons. The molecule has 0 saturated carbocycles. The molecule has 1 aliphatic heterocycles. The maximum Gasteiger partial charge on any atom is 0.243 e. The molecule has 1 N–H and O–H groups in total. The Balaban J connectivity index is 1.46. The molecule has 0 aliphatic carbocycles. The Morgan fingerprint density at radius 2 is 1.56 bits per heavy atom. The predicted octanol–water partition coefficient (Wildman–Crippen LogP) is 4.99. The number of nitrogens with one attached hydrogen (secondary N) is 1. The van der Waals surface area contributed by atoms with Gasteiger partial charge in [0.1, 0.15) is 0 Å². The molecule has 1 heterocycles. The second-order valence-corrected chi connectivity index (χ2v) is 11.0. The summed E-state index contributed by atoms with van der Waals surface area (Å²) >= 11 is 12.4. The van der Waals surface area contributed by atoms with E-state index in [1.807, 2.05) is 24.0 Å². The number of nitrogens with zero attached hydrogens (tertiary/aromatic N) is 2. The third-order valence-corrected chi connectivity index (χ3v) is 8.22. The fourth-order valence-electron chi connectivity index (χ4n) is 3.93. The minimum atomic E-state index is -3.57. The van der Waals surface area contributed by atoms with Crippen LogP contribution >= 0.6 is 23.2 Å². The normalized spacial score (nSPS) is 14.7. The first-order chi connectivity index (χ1) is 16.2. The Kier molecular flexibility index (Phi) is 7.48. The third-order valence-electron chi connectivity index (χ3n) is 5.75. The number of benzene rings is 3. The number of amides is 1. The van der Waals surface area contributed by atoms with Crippen molar-refractivity contribution in [2.24, 2.45) is 0 Å². The lowest BCUT2D eigenvalue weighted by atomic mass is 10.1. The van der Waals surface area contributed by atoms with Crippen LogP contribution in [0.25, 0.3) is 0 Å². The molecular formula is C25H25Cl2N3O3S. The van der Waals surface area contributed by atoms with Gasteiger partial charge < -0.3 is 10.2 Å². The highest BCUT2D eigenvalue weighted by Crippen LogP contribution is 2.35. The Labute approximate surface area is 210 Å². The van der Waals surface area contributed by atoms with Crippen LogP contribution in [0.2, 0.25) is 10.0 Å². The van der Waals surface area contributed by atoms with Crippen molar-refractivity contribution in [3.05, 3.63) is 87.9 Å². The van der Waals surface area contributed by atoms with E-state index < -0.39 is 10.0 Å². The van der Waals surface area contributed by atoms with Gasteiger partial charge in [-0.2, -0.15) is 4.31 Å². The van der Waals surface area contributed by atoms with Crippen LogP contribution < -0.4 is 10.2 Å². The van der Waals surface area contributed by atoms with Gasteiger partial charge in [0.25, 0.3) is 0 Å². The average molecular weight is 518 g/mol. The molecule has 0 aromatic heterocycles. The quantitative estimate of drug-likeness (QED) is 0.499. The van der Waals surface area contributed by atoms with Crippen molar-refractivity contribution >= 4 is 50.5 Å². The molecule has 0 bridgehead atoms. The summed E-state index contributed by atoms with van der Waals surface area (Å²) in [5.41, 5.74) is 3.15. The topological polar surface area (TPSA) is 69.7 Å². The van der Waals surface area contributed by atoms with Crippen LogP contribution in [0.3, 0.4) is 0 Å². The SMILES string of the molecule is Cc1ccc(S(=O)(=O)N2CCN(c3c(Cl)cccc3NC(=O)Cc3ccc(Cl)cc3)CC2)cc1. The van der Waals surface area contributed by atoms with E-state index in [1.54, 1.807) is 54.6 Å². The molecule has 1 amide bonds. The first kappa shape index (κ1) is 24.5. The van der Waals surface area contributed by atoms with E-state index >= 15 is 0 Å². The number of rotatable bonds is 6. The first-order valence-corrected chi connectivity index (χ1v) is 13.1. The van der Waals surface area contributed by atoms with Crippen LogP contribution in [-0.4, -0.2) is 44.8 Å². The molecule has 4 rings (SSSR count). The molecule has 178 valence electrons. The van der Waals surface area contributed by atoms with Gasteiger partial charge >= 0.3 is 0 Å². The smallest absolute Gasteiger partial charge is 0.243 e. The Hall–Kier alpha value is -2.58. The maximum absolute atomic E-state index is 13.0. The van der Waals surface area contributed by atoms with E-state index in [9.17, 15) is 13.2 Å². The lowest BCUT2D eigenvalue weighted by Crippen LogP contribution is -2.49. The van der Waals surface area contributed by atoms with E-state index in [0.29, 0.717) is 52.5 Å². The van der Waals surface area contributed by atoms with Crippen molar-refractivity contribution in [1.29, 1.82) is 0 Å². The summed E-state index contributed by atoms with van der Waals surface area (Å²) in [6.07, 6.45) is 0.200. The van der Waals surface area contributed by atoms with Gasteiger partial charge in [0.2, 0.25) is 15.9 Å². The number of hydrogen-bond donors (Lipinski definition) is 1. The third kappa shape index (κ3) is 5.55. The van der Waals surface area contributed by atoms with Crippen LogP contribution in [0.4, 0.5) is 11.4 Å². The number of sulfonamides is 1. The molecule has 1 aliphatic rings. The molecule has 6 nitrogen and oxygen atoms in total. The zero-order valence-electron chi connectivity index (χ0n) is 18.7. The Bertz CT molecular complexity index is 1270. The molecule has 3 aromatic rings. The number of piperazine rings is 1. The van der Waals surface area contributed by atoms with E-state index in [4.69, 9.17) is 23.2 Å². The molecule has 34 heavy (non-hydrogen) atoms. The summed E-state index contributed by atoms with van der Waals surface area (Å²) in [6.45, 7) is 3.47. The first-order valence-electron chi connectivity index (χ1n) is 10.9. The molecule has 0 unspecified atom stereocenters. The van der Waals surface area contributed by atoms with Crippen LogP contribution in [0, 0.1) is 6.92 Å². The van der Waals surface area contributed by atoms with E-state index in [0.717, 1.165) is 11.1 Å². The monoisotopic (exact) mass is 517 g/mol. The minimum absolute atomic E-state index is 0.175. The van der Waals surface area contributed by atoms with E-state index in [2.05, 4.69) is 5.32 Å². The zero-order chi connectivity index (χ0) is 24.3. The van der Waals surface area contributed by atoms with Crippen molar-refractivity contribution in [3.8, 4) is 0 Å². The largest absolute Gasteiger partial charge is 0.366 e. The number of anilines is 2. The Morgan fingerprint density at radius 1 is 0.912 bits per heavy atom. The Morgan fingerprint density at radius 3 is 2.21 bits per heavy atom. The number of halogens is 2. The number of para-hydroxylation sites is 1.